The van der Waals surface area contributed by atoms with Crippen LogP contribution in [0, 0.1) is 0 Å². The number of rotatable bonds is 8. The Hall–Kier alpha value is -1.33. The van der Waals surface area contributed by atoms with E-state index < -0.39 is 8.07 Å². The number of benzene rings is 1. The zero-order chi connectivity index (χ0) is 15.0. The molecular weight excluding hydrogens is 272 g/mol. The van der Waals surface area contributed by atoms with Gasteiger partial charge in [0.2, 0.25) is 0 Å². The Morgan fingerprint density at radius 2 is 2.00 bits per heavy atom. The van der Waals surface area contributed by atoms with Gasteiger partial charge in [0.05, 0.1) is 12.2 Å². The molecule has 1 aromatic carbocycles. The van der Waals surface area contributed by atoms with E-state index in [4.69, 9.17) is 14.2 Å². The Balaban J connectivity index is 2.37. The van der Waals surface area contributed by atoms with Gasteiger partial charge in [-0.2, -0.15) is 0 Å². The number of ether oxygens (including phenoxy) is 3. The van der Waals surface area contributed by atoms with Crippen molar-refractivity contribution in [2.75, 3.05) is 20.0 Å². The van der Waals surface area contributed by atoms with Gasteiger partial charge in [-0.1, -0.05) is 25.7 Å². The molecular formula is C15H24O4Si. The maximum absolute atomic E-state index is 11.6. The van der Waals surface area contributed by atoms with E-state index in [1.165, 1.54) is 0 Å². The summed E-state index contributed by atoms with van der Waals surface area (Å²) < 4.78 is 15.9. The highest BCUT2D eigenvalue weighted by Gasteiger charge is 2.12. The van der Waals surface area contributed by atoms with E-state index in [-0.39, 0.29) is 12.8 Å². The summed E-state index contributed by atoms with van der Waals surface area (Å²) in [5.74, 6) is 0.279. The van der Waals surface area contributed by atoms with E-state index in [9.17, 15) is 4.79 Å². The van der Waals surface area contributed by atoms with Crippen molar-refractivity contribution in [1.82, 2.24) is 0 Å². The van der Waals surface area contributed by atoms with Crippen molar-refractivity contribution >= 4 is 14.0 Å². The quantitative estimate of drug-likeness (QED) is 0.318. The molecule has 0 atom stereocenters. The molecule has 5 heteroatoms. The second-order valence-electron chi connectivity index (χ2n) is 5.73. The van der Waals surface area contributed by atoms with E-state index in [0.29, 0.717) is 24.5 Å². The first-order valence-corrected chi connectivity index (χ1v) is 10.6. The Kier molecular flexibility index (Phi) is 6.74. The number of hydrogen-bond donors (Lipinski definition) is 0. The lowest BCUT2D eigenvalue weighted by molar-refractivity contribution is 0.0218. The largest absolute Gasteiger partial charge is 0.468 e. The van der Waals surface area contributed by atoms with E-state index >= 15 is 0 Å². The molecule has 0 bridgehead atoms. The van der Waals surface area contributed by atoms with Gasteiger partial charge in [-0.3, -0.25) is 0 Å². The molecule has 1 aromatic rings. The number of esters is 1. The van der Waals surface area contributed by atoms with Crippen LogP contribution in [0.25, 0.3) is 0 Å². The van der Waals surface area contributed by atoms with E-state index in [1.54, 1.807) is 31.2 Å². The van der Waals surface area contributed by atoms with Gasteiger partial charge in [0.1, 0.15) is 5.75 Å². The molecule has 0 aliphatic carbocycles. The fourth-order valence-corrected chi connectivity index (χ4v) is 2.23. The predicted molar refractivity (Wildman–Crippen MR) is 82.0 cm³/mol. The minimum absolute atomic E-state index is 0.205. The number of carbonyl (C=O) groups is 1. The maximum Gasteiger partial charge on any atom is 0.338 e. The molecule has 1 rings (SSSR count). The summed E-state index contributed by atoms with van der Waals surface area (Å²) in [4.78, 5) is 11.6. The van der Waals surface area contributed by atoms with Crippen LogP contribution in [0.5, 0.6) is 5.75 Å². The average molecular weight is 296 g/mol. The Bertz CT molecular complexity index is 426. The highest BCUT2D eigenvalue weighted by Crippen LogP contribution is 2.14. The molecule has 0 radical (unpaired) electrons. The SMILES string of the molecule is CCOC(=O)c1cccc(OCOCC[Si](C)(C)C)c1. The van der Waals surface area contributed by atoms with E-state index in [1.807, 2.05) is 0 Å². The zero-order valence-corrected chi connectivity index (χ0v) is 13.8. The summed E-state index contributed by atoms with van der Waals surface area (Å²) >= 11 is 0. The molecule has 112 valence electrons. The highest BCUT2D eigenvalue weighted by atomic mass is 28.3. The van der Waals surface area contributed by atoms with Gasteiger partial charge in [-0.15, -0.1) is 0 Å². The second kappa shape index (κ2) is 8.07. The predicted octanol–water partition coefficient (Wildman–Crippen LogP) is 3.55. The van der Waals surface area contributed by atoms with Gasteiger partial charge in [0.15, 0.2) is 6.79 Å². The lowest BCUT2D eigenvalue weighted by Gasteiger charge is -2.15. The first-order chi connectivity index (χ1) is 9.42. The van der Waals surface area contributed by atoms with E-state index in [2.05, 4.69) is 19.6 Å². The third-order valence-electron chi connectivity index (χ3n) is 2.65. The molecule has 0 aliphatic heterocycles. The minimum Gasteiger partial charge on any atom is -0.468 e. The molecule has 4 nitrogen and oxygen atoms in total. The Morgan fingerprint density at radius 3 is 2.65 bits per heavy atom. The summed E-state index contributed by atoms with van der Waals surface area (Å²) in [5, 5.41) is 0. The van der Waals surface area contributed by atoms with Crippen LogP contribution >= 0.6 is 0 Å². The lowest BCUT2D eigenvalue weighted by atomic mass is 10.2. The van der Waals surface area contributed by atoms with Crippen LogP contribution in [0.2, 0.25) is 25.7 Å². The smallest absolute Gasteiger partial charge is 0.338 e. The minimum atomic E-state index is -1.06. The zero-order valence-electron chi connectivity index (χ0n) is 12.8. The molecule has 0 aliphatic rings. The van der Waals surface area contributed by atoms with E-state index in [0.717, 1.165) is 6.04 Å². The summed E-state index contributed by atoms with van der Waals surface area (Å²) in [6.07, 6.45) is 0. The average Bonchev–Trinajstić information content (AvgIpc) is 2.37. The first-order valence-electron chi connectivity index (χ1n) is 6.90. The van der Waals surface area contributed by atoms with Crippen molar-refractivity contribution < 1.29 is 19.0 Å². The van der Waals surface area contributed by atoms with Crippen molar-refractivity contribution in [1.29, 1.82) is 0 Å². The highest BCUT2D eigenvalue weighted by molar-refractivity contribution is 6.76. The first kappa shape index (κ1) is 16.7. The van der Waals surface area contributed by atoms with Gasteiger partial charge in [-0.25, -0.2) is 4.79 Å². The van der Waals surface area contributed by atoms with Crippen molar-refractivity contribution in [3.05, 3.63) is 29.8 Å². The topological polar surface area (TPSA) is 44.8 Å². The fourth-order valence-electron chi connectivity index (χ4n) is 1.47. The monoisotopic (exact) mass is 296 g/mol. The van der Waals surface area contributed by atoms with Crippen molar-refractivity contribution in [2.24, 2.45) is 0 Å². The molecule has 0 fully saturated rings. The molecule has 0 amide bonds. The van der Waals surface area contributed by atoms with Crippen LogP contribution in [0.4, 0.5) is 0 Å². The summed E-state index contributed by atoms with van der Waals surface area (Å²) in [5.41, 5.74) is 0.492. The molecule has 0 aromatic heterocycles. The second-order valence-corrected chi connectivity index (χ2v) is 11.4. The van der Waals surface area contributed by atoms with Crippen molar-refractivity contribution in [3.63, 3.8) is 0 Å². The van der Waals surface area contributed by atoms with Crippen molar-refractivity contribution in [2.45, 2.75) is 32.6 Å². The van der Waals surface area contributed by atoms with Gasteiger partial charge in [0, 0.05) is 14.7 Å². The standard InChI is InChI=1S/C15H24O4Si/c1-5-18-15(16)13-7-6-8-14(11-13)19-12-17-9-10-20(2,3)4/h6-8,11H,5,9-10,12H2,1-4H3. The molecule has 0 saturated heterocycles. The van der Waals surface area contributed by atoms with Crippen LogP contribution in [0.15, 0.2) is 24.3 Å². The Labute approximate surface area is 122 Å². The summed E-state index contributed by atoms with van der Waals surface area (Å²) in [6, 6.07) is 8.05. The molecule has 20 heavy (non-hydrogen) atoms. The van der Waals surface area contributed by atoms with Crippen LogP contribution in [-0.4, -0.2) is 34.0 Å². The molecule has 0 spiro atoms. The van der Waals surface area contributed by atoms with Crippen LogP contribution in [-0.2, 0) is 9.47 Å². The molecule has 0 heterocycles. The molecule has 0 saturated carbocycles. The van der Waals surface area contributed by atoms with Crippen molar-refractivity contribution in [3.8, 4) is 5.75 Å². The van der Waals surface area contributed by atoms with Gasteiger partial charge in [-0.05, 0) is 31.2 Å². The summed E-state index contributed by atoms with van der Waals surface area (Å²) in [7, 11) is -1.06. The third kappa shape index (κ3) is 6.72. The van der Waals surface area contributed by atoms with Gasteiger partial charge in [0.25, 0.3) is 0 Å². The maximum atomic E-state index is 11.6. The molecule has 0 unspecified atom stereocenters. The van der Waals surface area contributed by atoms with Crippen LogP contribution < -0.4 is 4.74 Å². The van der Waals surface area contributed by atoms with Gasteiger partial charge < -0.3 is 14.2 Å². The summed E-state index contributed by atoms with van der Waals surface area (Å²) in [6.45, 7) is 9.98. The third-order valence-corrected chi connectivity index (χ3v) is 4.35. The van der Waals surface area contributed by atoms with Crippen LogP contribution in [0.3, 0.4) is 0 Å². The van der Waals surface area contributed by atoms with Gasteiger partial charge >= 0.3 is 5.97 Å². The van der Waals surface area contributed by atoms with Crippen LogP contribution in [0.1, 0.15) is 17.3 Å². The fraction of sp³-hybridized carbons (Fsp3) is 0.533. The Morgan fingerprint density at radius 1 is 1.25 bits per heavy atom. The number of carbonyl (C=O) groups excluding carboxylic acids is 1. The lowest BCUT2D eigenvalue weighted by Crippen LogP contribution is -2.22. The number of hydrogen-bond acceptors (Lipinski definition) is 4. The molecule has 0 N–H and O–H groups in total. The normalized spacial score (nSPS) is 11.2.